The molecule has 4 N–H and O–H groups in total. The Morgan fingerprint density at radius 2 is 1.70 bits per heavy atom. The first kappa shape index (κ1) is 44.9. The molecule has 15 nitrogen and oxygen atoms in total. The quantitative estimate of drug-likeness (QED) is 0.127. The molecule has 1 aliphatic carbocycles. The van der Waals surface area contributed by atoms with E-state index in [9.17, 15) is 28.0 Å². The number of fused-ring (bicyclic) bond motifs is 1. The van der Waals surface area contributed by atoms with Crippen LogP contribution in [0, 0.1) is 23.0 Å². The Balaban J connectivity index is 0.771. The number of imide groups is 1. The lowest BCUT2D eigenvalue weighted by atomic mass is 9.60. The smallest absolute Gasteiger partial charge is 0.342 e. The second-order valence-electron chi connectivity index (χ2n) is 18.3. The molecule has 2 aromatic carbocycles. The van der Waals surface area contributed by atoms with Crippen LogP contribution in [-0.2, 0) is 14.4 Å². The van der Waals surface area contributed by atoms with Crippen molar-refractivity contribution in [2.45, 2.75) is 95.7 Å². The standard InChI is InChI=1S/C45H56F4N10O5/c1-26(2)59-25-45(48,49)42(63)56(3)36-24-50-43(55-39(36)59)53-32-6-5-28(19-37(32)64-4)40(61)51-29-22-44(23-29)12-17-57(18-13-44)14-9-27-10-15-58(16-11-27)35-21-30(46)34(20-31(35)47)52-33-7-8-38(60)54-41(33)62/h5-6,19-21,24,26-27,29,33,52H,7-18,22-23,25H2,1-4H3,(H,51,61)(H,50,53,55)(H,54,60,62). The average molecular weight is 893 g/mol. The number of hydrogen-bond donors (Lipinski definition) is 4. The van der Waals surface area contributed by atoms with E-state index in [1.807, 2.05) is 4.90 Å². The van der Waals surface area contributed by atoms with E-state index < -0.39 is 42.0 Å². The van der Waals surface area contributed by atoms with Gasteiger partial charge < -0.3 is 40.3 Å². The largest absolute Gasteiger partial charge is 0.495 e. The molecule has 3 saturated heterocycles. The van der Waals surface area contributed by atoms with Gasteiger partial charge in [0.1, 0.15) is 29.1 Å². The van der Waals surface area contributed by atoms with E-state index in [0.29, 0.717) is 36.0 Å². The first-order valence-electron chi connectivity index (χ1n) is 22.1. The maximum Gasteiger partial charge on any atom is 0.342 e. The predicted octanol–water partition coefficient (Wildman–Crippen LogP) is 5.83. The highest BCUT2D eigenvalue weighted by atomic mass is 19.3. The second kappa shape index (κ2) is 18.0. The van der Waals surface area contributed by atoms with Crippen LogP contribution in [0.15, 0.2) is 36.5 Å². The predicted molar refractivity (Wildman–Crippen MR) is 233 cm³/mol. The Morgan fingerprint density at radius 3 is 2.39 bits per heavy atom. The van der Waals surface area contributed by atoms with Crippen molar-refractivity contribution in [2.75, 3.05) is 78.8 Å². The molecule has 19 heteroatoms. The summed E-state index contributed by atoms with van der Waals surface area (Å²) in [5, 5.41) is 11.2. The number of alkyl halides is 2. The highest BCUT2D eigenvalue weighted by Gasteiger charge is 2.48. The van der Waals surface area contributed by atoms with Crippen molar-refractivity contribution >= 4 is 58.1 Å². The third-order valence-corrected chi connectivity index (χ3v) is 13.7. The summed E-state index contributed by atoms with van der Waals surface area (Å²) in [6.45, 7) is 6.92. The van der Waals surface area contributed by atoms with E-state index in [1.165, 1.54) is 31.3 Å². The van der Waals surface area contributed by atoms with E-state index in [0.717, 1.165) is 75.5 Å². The molecule has 1 aromatic heterocycles. The van der Waals surface area contributed by atoms with Crippen molar-refractivity contribution in [3.63, 3.8) is 0 Å². The zero-order valence-electron chi connectivity index (χ0n) is 36.6. The lowest BCUT2D eigenvalue weighted by Gasteiger charge is -2.52. The number of amides is 4. The molecule has 0 radical (unpaired) electrons. The van der Waals surface area contributed by atoms with Gasteiger partial charge in [-0.25, -0.2) is 13.8 Å². The number of hydrogen-bond acceptors (Lipinski definition) is 12. The summed E-state index contributed by atoms with van der Waals surface area (Å²) in [5.74, 6) is -6.10. The number of likely N-dealkylation sites (tertiary alicyclic amines) is 1. The summed E-state index contributed by atoms with van der Waals surface area (Å²) in [6, 6.07) is 6.16. The molecule has 3 aromatic rings. The number of nitrogens with zero attached hydrogens (tertiary/aromatic N) is 6. The Bertz CT molecular complexity index is 2280. The number of aromatic nitrogens is 2. The van der Waals surface area contributed by atoms with Gasteiger partial charge in [0.15, 0.2) is 5.82 Å². The minimum atomic E-state index is -3.61. The van der Waals surface area contributed by atoms with Crippen LogP contribution in [0.1, 0.15) is 82.0 Å². The third kappa shape index (κ3) is 9.40. The second-order valence-corrected chi connectivity index (χ2v) is 18.3. The van der Waals surface area contributed by atoms with Gasteiger partial charge in [-0.1, -0.05) is 0 Å². The molecule has 5 aliphatic rings. The van der Waals surface area contributed by atoms with Crippen molar-refractivity contribution in [3.8, 4) is 5.75 Å². The Labute approximate surface area is 369 Å². The fourth-order valence-electron chi connectivity index (χ4n) is 9.82. The van der Waals surface area contributed by atoms with E-state index in [1.54, 1.807) is 32.0 Å². The summed E-state index contributed by atoms with van der Waals surface area (Å²) in [5.41, 5.74) is 1.40. The van der Waals surface area contributed by atoms with Crippen LogP contribution in [0.25, 0.3) is 0 Å². The van der Waals surface area contributed by atoms with Crippen molar-refractivity contribution < 1.29 is 41.5 Å². The van der Waals surface area contributed by atoms with Gasteiger partial charge in [0.2, 0.25) is 17.8 Å². The van der Waals surface area contributed by atoms with Crippen LogP contribution in [0.5, 0.6) is 5.75 Å². The number of rotatable bonds is 12. The number of methoxy groups -OCH3 is 1. The highest BCUT2D eigenvalue weighted by molar-refractivity contribution is 6.02. The summed E-state index contributed by atoms with van der Waals surface area (Å²) in [4.78, 5) is 64.9. The molecular formula is C45H56F4N10O5. The van der Waals surface area contributed by atoms with Crippen molar-refractivity contribution in [3.05, 3.63) is 53.7 Å². The molecule has 344 valence electrons. The minimum absolute atomic E-state index is 0.0680. The van der Waals surface area contributed by atoms with Gasteiger partial charge in [-0.15, -0.1) is 0 Å². The van der Waals surface area contributed by atoms with Crippen LogP contribution in [0.3, 0.4) is 0 Å². The van der Waals surface area contributed by atoms with E-state index in [4.69, 9.17) is 4.74 Å². The lowest BCUT2D eigenvalue weighted by Crippen LogP contribution is -2.55. The normalized spacial score (nSPS) is 21.6. The molecule has 4 amide bonds. The highest BCUT2D eigenvalue weighted by Crippen LogP contribution is 2.49. The maximum atomic E-state index is 15.2. The molecule has 1 saturated carbocycles. The van der Waals surface area contributed by atoms with Gasteiger partial charge in [-0.2, -0.15) is 13.8 Å². The maximum absolute atomic E-state index is 15.2. The molecule has 5 heterocycles. The number of piperidine rings is 3. The number of anilines is 6. The van der Waals surface area contributed by atoms with Gasteiger partial charge in [0.25, 0.3) is 11.8 Å². The van der Waals surface area contributed by atoms with E-state index in [2.05, 4.69) is 36.1 Å². The Kier molecular flexibility index (Phi) is 12.6. The van der Waals surface area contributed by atoms with Crippen LogP contribution in [-0.4, -0.2) is 116 Å². The van der Waals surface area contributed by atoms with Crippen LogP contribution in [0.2, 0.25) is 0 Å². The van der Waals surface area contributed by atoms with E-state index >= 15 is 8.78 Å². The lowest BCUT2D eigenvalue weighted by molar-refractivity contribution is -0.140. The topological polar surface area (TPSA) is 164 Å². The van der Waals surface area contributed by atoms with Gasteiger partial charge in [0.05, 0.1) is 36.9 Å². The molecule has 64 heavy (non-hydrogen) atoms. The molecular weight excluding hydrogens is 837 g/mol. The average Bonchev–Trinajstić information content (AvgIpc) is 3.33. The number of halogens is 4. The zero-order chi connectivity index (χ0) is 45.5. The molecule has 8 rings (SSSR count). The fourth-order valence-corrected chi connectivity index (χ4v) is 9.82. The molecule has 4 aliphatic heterocycles. The number of carbonyl (C=O) groups excluding carboxylic acids is 4. The zero-order valence-corrected chi connectivity index (χ0v) is 36.6. The van der Waals surface area contributed by atoms with Gasteiger partial charge >= 0.3 is 5.92 Å². The van der Waals surface area contributed by atoms with Gasteiger partial charge in [-0.3, -0.25) is 24.5 Å². The van der Waals surface area contributed by atoms with Crippen LogP contribution >= 0.6 is 0 Å². The van der Waals surface area contributed by atoms with E-state index in [-0.39, 0.29) is 71.0 Å². The SMILES string of the molecule is COc1cc(C(=O)NC2CC3(CCN(CCC4CCN(c5cc(F)c(NC6CCC(=O)NC6=O)cc5F)CC4)CC3)C2)ccc1Nc1ncc2c(n1)N(C(C)C)CC(F)(F)C(=O)N2C. The monoisotopic (exact) mass is 892 g/mol. The summed E-state index contributed by atoms with van der Waals surface area (Å²) in [7, 11) is 2.76. The Morgan fingerprint density at radius 1 is 0.969 bits per heavy atom. The summed E-state index contributed by atoms with van der Waals surface area (Å²) in [6.07, 6.45) is 8.48. The molecule has 0 bridgehead atoms. The Hall–Kier alpha value is -5.72. The van der Waals surface area contributed by atoms with Crippen molar-refractivity contribution in [1.29, 1.82) is 0 Å². The number of carbonyl (C=O) groups is 4. The molecule has 1 unspecified atom stereocenters. The first-order valence-corrected chi connectivity index (χ1v) is 22.1. The third-order valence-electron chi connectivity index (χ3n) is 13.7. The molecule has 1 atom stereocenters. The van der Waals surface area contributed by atoms with Crippen molar-refractivity contribution in [1.82, 2.24) is 25.5 Å². The molecule has 1 spiro atoms. The number of benzene rings is 2. The summed E-state index contributed by atoms with van der Waals surface area (Å²) >= 11 is 0. The fraction of sp³-hybridized carbons (Fsp3) is 0.556. The molecule has 4 fully saturated rings. The van der Waals surface area contributed by atoms with Crippen molar-refractivity contribution in [2.24, 2.45) is 11.3 Å². The first-order chi connectivity index (χ1) is 30.5. The minimum Gasteiger partial charge on any atom is -0.495 e. The van der Waals surface area contributed by atoms with Gasteiger partial charge in [0, 0.05) is 56.3 Å². The number of nitrogens with one attached hydrogen (secondary N) is 4. The van der Waals surface area contributed by atoms with Crippen LogP contribution < -0.4 is 40.7 Å². The van der Waals surface area contributed by atoms with Gasteiger partial charge in [-0.05, 0) is 114 Å². The number of ether oxygens (including phenoxy) is 1. The van der Waals surface area contributed by atoms with Crippen LogP contribution in [0.4, 0.5) is 52.1 Å². The summed E-state index contributed by atoms with van der Waals surface area (Å²) < 4.78 is 65.4.